The van der Waals surface area contributed by atoms with Crippen LogP contribution < -0.4 is 5.73 Å². The highest BCUT2D eigenvalue weighted by Crippen LogP contribution is 2.31. The summed E-state index contributed by atoms with van der Waals surface area (Å²) in [4.78, 5) is 8.41. The maximum atomic E-state index is 5.70. The Bertz CT molecular complexity index is 523. The number of halogens is 2. The summed E-state index contributed by atoms with van der Waals surface area (Å²) in [6.07, 6.45) is 0. The minimum absolute atomic E-state index is 0.378. The molecule has 90 valence electrons. The lowest BCUT2D eigenvalue weighted by molar-refractivity contribution is 0.181. The van der Waals surface area contributed by atoms with Crippen LogP contribution >= 0.6 is 31.9 Å². The van der Waals surface area contributed by atoms with Gasteiger partial charge in [0.15, 0.2) is 16.3 Å². The number of ether oxygens (including phenoxy) is 1. The van der Waals surface area contributed by atoms with E-state index in [1.165, 1.54) is 0 Å². The number of nitrogen functional groups attached to an aromatic ring is 1. The van der Waals surface area contributed by atoms with Gasteiger partial charge >= 0.3 is 0 Å². The lowest BCUT2D eigenvalue weighted by Gasteiger charge is -2.02. The molecule has 5 nitrogen and oxygen atoms in total. The molecular formula is C10H9Br2N3O2. The van der Waals surface area contributed by atoms with Gasteiger partial charge in [0.25, 0.3) is 0 Å². The Balaban J connectivity index is 2.44. The molecule has 2 aromatic heterocycles. The molecule has 0 spiro atoms. The molecule has 7 heteroatoms. The number of hydrogen-bond donors (Lipinski definition) is 1. The minimum Gasteiger partial charge on any atom is -0.445 e. The zero-order chi connectivity index (χ0) is 12.4. The lowest BCUT2D eigenvalue weighted by Crippen LogP contribution is -2.00. The van der Waals surface area contributed by atoms with E-state index in [1.54, 1.807) is 19.2 Å². The van der Waals surface area contributed by atoms with Crippen LogP contribution in [0.25, 0.3) is 11.6 Å². The highest BCUT2D eigenvalue weighted by Gasteiger charge is 2.12. The number of methoxy groups -OCH3 is 1. The smallest absolute Gasteiger partial charge is 0.198 e. The summed E-state index contributed by atoms with van der Waals surface area (Å²) in [5, 5.41) is 0. The third kappa shape index (κ3) is 2.85. The zero-order valence-electron chi connectivity index (χ0n) is 8.91. The predicted molar refractivity (Wildman–Crippen MR) is 70.3 cm³/mol. The van der Waals surface area contributed by atoms with Gasteiger partial charge in [-0.1, -0.05) is 0 Å². The first-order chi connectivity index (χ1) is 8.10. The average Bonchev–Trinajstić information content (AvgIpc) is 2.59. The quantitative estimate of drug-likeness (QED) is 0.908. The van der Waals surface area contributed by atoms with E-state index < -0.39 is 0 Å². The standard InChI is InChI=1S/C10H9Br2N3O2/c1-16-4-5-2-8(13)15-10(14-5)7-3-6(11)9(12)17-7/h2-3H,4H2,1H3,(H2,13,14,15). The van der Waals surface area contributed by atoms with Gasteiger partial charge in [-0.25, -0.2) is 9.97 Å². The van der Waals surface area contributed by atoms with Crippen LogP contribution in [-0.4, -0.2) is 17.1 Å². The van der Waals surface area contributed by atoms with E-state index in [0.29, 0.717) is 34.4 Å². The molecule has 2 heterocycles. The minimum atomic E-state index is 0.378. The molecule has 17 heavy (non-hydrogen) atoms. The second-order valence-electron chi connectivity index (χ2n) is 3.27. The Morgan fingerprint density at radius 2 is 2.12 bits per heavy atom. The van der Waals surface area contributed by atoms with Crippen molar-refractivity contribution in [3.05, 3.63) is 27.0 Å². The van der Waals surface area contributed by atoms with E-state index in [-0.39, 0.29) is 0 Å². The maximum Gasteiger partial charge on any atom is 0.198 e. The molecule has 2 aromatic rings. The van der Waals surface area contributed by atoms with Crippen molar-refractivity contribution >= 4 is 37.7 Å². The van der Waals surface area contributed by atoms with Gasteiger partial charge in [0.1, 0.15) is 5.82 Å². The molecule has 0 aromatic carbocycles. The maximum absolute atomic E-state index is 5.70. The summed E-state index contributed by atoms with van der Waals surface area (Å²) < 4.78 is 11.8. The van der Waals surface area contributed by atoms with Gasteiger partial charge in [-0.05, 0) is 31.9 Å². The molecule has 0 bridgehead atoms. The van der Waals surface area contributed by atoms with Crippen LogP contribution in [0.5, 0.6) is 0 Å². The normalized spacial score (nSPS) is 10.8. The van der Waals surface area contributed by atoms with Crippen molar-refractivity contribution in [2.75, 3.05) is 12.8 Å². The Morgan fingerprint density at radius 3 is 2.71 bits per heavy atom. The fourth-order valence-electron chi connectivity index (χ4n) is 1.31. The van der Waals surface area contributed by atoms with Gasteiger partial charge < -0.3 is 14.9 Å². The number of rotatable bonds is 3. The van der Waals surface area contributed by atoms with Gasteiger partial charge in [0, 0.05) is 19.2 Å². The van der Waals surface area contributed by atoms with E-state index in [4.69, 9.17) is 14.9 Å². The summed E-state index contributed by atoms with van der Waals surface area (Å²) in [5.41, 5.74) is 6.41. The Hall–Kier alpha value is -0.920. The fraction of sp³-hybridized carbons (Fsp3) is 0.200. The second kappa shape index (κ2) is 5.16. The Kier molecular flexibility index (Phi) is 3.80. The highest BCUT2D eigenvalue weighted by atomic mass is 79.9. The number of nitrogens with zero attached hydrogens (tertiary/aromatic N) is 2. The zero-order valence-corrected chi connectivity index (χ0v) is 12.1. The molecule has 0 saturated carbocycles. The third-order valence-corrected chi connectivity index (χ3v) is 3.67. The number of anilines is 1. The third-order valence-electron chi connectivity index (χ3n) is 1.96. The monoisotopic (exact) mass is 361 g/mol. The highest BCUT2D eigenvalue weighted by molar-refractivity contribution is 9.13. The molecular weight excluding hydrogens is 354 g/mol. The summed E-state index contributed by atoms with van der Waals surface area (Å²) in [6, 6.07) is 3.44. The van der Waals surface area contributed by atoms with E-state index in [2.05, 4.69) is 41.8 Å². The molecule has 0 aliphatic rings. The molecule has 0 aliphatic carbocycles. The predicted octanol–water partition coefficient (Wildman–Crippen LogP) is 2.99. The van der Waals surface area contributed by atoms with Crippen LogP contribution in [0.3, 0.4) is 0 Å². The van der Waals surface area contributed by atoms with Crippen LogP contribution in [0.1, 0.15) is 5.69 Å². The summed E-state index contributed by atoms with van der Waals surface area (Å²) >= 11 is 6.59. The first-order valence-corrected chi connectivity index (χ1v) is 6.26. The number of furan rings is 1. The molecule has 0 radical (unpaired) electrons. The Labute approximate surface area is 115 Å². The van der Waals surface area contributed by atoms with Crippen molar-refractivity contribution in [3.63, 3.8) is 0 Å². The van der Waals surface area contributed by atoms with Crippen molar-refractivity contribution in [3.8, 4) is 11.6 Å². The van der Waals surface area contributed by atoms with Gasteiger partial charge in [0.2, 0.25) is 0 Å². The molecule has 2 N–H and O–H groups in total. The number of nitrogens with two attached hydrogens (primary N) is 1. The molecule has 0 unspecified atom stereocenters. The van der Waals surface area contributed by atoms with E-state index in [1.807, 2.05) is 0 Å². The number of hydrogen-bond acceptors (Lipinski definition) is 5. The topological polar surface area (TPSA) is 74.2 Å². The van der Waals surface area contributed by atoms with E-state index >= 15 is 0 Å². The molecule has 2 rings (SSSR count). The van der Waals surface area contributed by atoms with E-state index in [0.717, 1.165) is 4.47 Å². The van der Waals surface area contributed by atoms with Crippen LogP contribution in [0.2, 0.25) is 0 Å². The first-order valence-electron chi connectivity index (χ1n) is 4.67. The van der Waals surface area contributed by atoms with Crippen molar-refractivity contribution < 1.29 is 9.15 Å². The van der Waals surface area contributed by atoms with Crippen molar-refractivity contribution in [1.29, 1.82) is 0 Å². The lowest BCUT2D eigenvalue weighted by atomic mass is 10.3. The van der Waals surface area contributed by atoms with E-state index in [9.17, 15) is 0 Å². The van der Waals surface area contributed by atoms with Crippen molar-refractivity contribution in [1.82, 2.24) is 9.97 Å². The van der Waals surface area contributed by atoms with Crippen LogP contribution in [0.15, 0.2) is 25.7 Å². The average molecular weight is 363 g/mol. The van der Waals surface area contributed by atoms with Gasteiger partial charge in [-0.3, -0.25) is 0 Å². The summed E-state index contributed by atoms with van der Waals surface area (Å²) in [6.45, 7) is 0.378. The summed E-state index contributed by atoms with van der Waals surface area (Å²) in [7, 11) is 1.60. The van der Waals surface area contributed by atoms with Crippen molar-refractivity contribution in [2.24, 2.45) is 0 Å². The molecule has 0 fully saturated rings. The Morgan fingerprint density at radius 1 is 1.35 bits per heavy atom. The molecule has 0 amide bonds. The van der Waals surface area contributed by atoms with Crippen molar-refractivity contribution in [2.45, 2.75) is 6.61 Å². The van der Waals surface area contributed by atoms with Gasteiger partial charge in [0.05, 0.1) is 16.8 Å². The fourth-order valence-corrected chi connectivity index (χ4v) is 1.89. The first kappa shape index (κ1) is 12.5. The summed E-state index contributed by atoms with van der Waals surface area (Å²) in [5.74, 6) is 1.35. The SMILES string of the molecule is COCc1cc(N)nc(-c2cc(Br)c(Br)o2)n1. The number of aromatic nitrogens is 2. The van der Waals surface area contributed by atoms with Gasteiger partial charge in [-0.15, -0.1) is 0 Å². The van der Waals surface area contributed by atoms with Gasteiger partial charge in [-0.2, -0.15) is 0 Å². The molecule has 0 atom stereocenters. The molecule has 0 aliphatic heterocycles. The van der Waals surface area contributed by atoms with Crippen LogP contribution in [0, 0.1) is 0 Å². The second-order valence-corrected chi connectivity index (χ2v) is 4.85. The van der Waals surface area contributed by atoms with Crippen LogP contribution in [-0.2, 0) is 11.3 Å². The largest absolute Gasteiger partial charge is 0.445 e. The molecule has 0 saturated heterocycles. The van der Waals surface area contributed by atoms with Crippen LogP contribution in [0.4, 0.5) is 5.82 Å².